The van der Waals surface area contributed by atoms with Gasteiger partial charge < -0.3 is 10.5 Å². The molecule has 0 fully saturated rings. The zero-order chi connectivity index (χ0) is 21.4. The molecule has 0 radical (unpaired) electrons. The van der Waals surface area contributed by atoms with Crippen LogP contribution in [0.15, 0.2) is 76.6 Å². The average molecular weight is 430 g/mol. The van der Waals surface area contributed by atoms with E-state index < -0.39 is 0 Å². The Morgan fingerprint density at radius 3 is 2.74 bits per heavy atom. The Bertz CT molecular complexity index is 1330. The summed E-state index contributed by atoms with van der Waals surface area (Å²) in [4.78, 5) is 17.6. The molecule has 1 aromatic heterocycles. The van der Waals surface area contributed by atoms with Crippen LogP contribution in [0.1, 0.15) is 28.6 Å². The highest BCUT2D eigenvalue weighted by Crippen LogP contribution is 2.38. The standard InChI is InChI=1S/C25H23N3O2S/c1-30-18-10-5-9-17(15-18)28-22-14-6-13-21(22)24(27-25(28)29)31-23(26)20-12-4-8-16-7-2-3-11-19(16)20/h2-5,7-12,15,23H,6,13-14,26H2,1H3. The van der Waals surface area contributed by atoms with Crippen LogP contribution in [-0.2, 0) is 12.8 Å². The molecule has 1 aliphatic rings. The molecule has 0 saturated carbocycles. The second kappa shape index (κ2) is 8.21. The molecule has 0 aliphatic heterocycles. The lowest BCUT2D eigenvalue weighted by Crippen LogP contribution is -2.26. The molecule has 3 aromatic carbocycles. The van der Waals surface area contributed by atoms with E-state index in [1.54, 1.807) is 11.7 Å². The first kappa shape index (κ1) is 19.8. The molecule has 6 heteroatoms. The van der Waals surface area contributed by atoms with Crippen LogP contribution in [-0.4, -0.2) is 16.7 Å². The normalized spacial score (nSPS) is 13.9. The fraction of sp³-hybridized carbons (Fsp3) is 0.200. The first-order valence-corrected chi connectivity index (χ1v) is 11.2. The molecule has 31 heavy (non-hydrogen) atoms. The Labute approximate surface area is 184 Å². The van der Waals surface area contributed by atoms with E-state index in [4.69, 9.17) is 10.5 Å². The predicted octanol–water partition coefficient (Wildman–Crippen LogP) is 4.63. The van der Waals surface area contributed by atoms with E-state index in [9.17, 15) is 4.79 Å². The lowest BCUT2D eigenvalue weighted by molar-refractivity contribution is 0.414. The summed E-state index contributed by atoms with van der Waals surface area (Å²) in [5, 5.41) is 2.72. The Balaban J connectivity index is 1.56. The molecular formula is C25H23N3O2S. The molecule has 5 rings (SSSR count). The number of rotatable bonds is 5. The quantitative estimate of drug-likeness (QED) is 0.284. The van der Waals surface area contributed by atoms with Gasteiger partial charge in [0.05, 0.1) is 18.2 Å². The number of hydrogen-bond donors (Lipinski definition) is 1. The molecule has 2 N–H and O–H groups in total. The van der Waals surface area contributed by atoms with E-state index in [1.165, 1.54) is 11.8 Å². The molecule has 1 unspecified atom stereocenters. The summed E-state index contributed by atoms with van der Waals surface area (Å²) >= 11 is 1.47. The Morgan fingerprint density at radius 2 is 1.87 bits per heavy atom. The van der Waals surface area contributed by atoms with Crippen LogP contribution in [0, 0.1) is 0 Å². The zero-order valence-corrected chi connectivity index (χ0v) is 18.1. The van der Waals surface area contributed by atoms with E-state index in [-0.39, 0.29) is 11.1 Å². The van der Waals surface area contributed by atoms with E-state index in [0.717, 1.165) is 57.6 Å². The largest absolute Gasteiger partial charge is 0.497 e. The van der Waals surface area contributed by atoms with Crippen LogP contribution in [0.2, 0.25) is 0 Å². The summed E-state index contributed by atoms with van der Waals surface area (Å²) in [7, 11) is 1.62. The van der Waals surface area contributed by atoms with Crippen molar-refractivity contribution >= 4 is 22.5 Å². The molecule has 156 valence electrons. The highest BCUT2D eigenvalue weighted by atomic mass is 32.2. The number of nitrogens with two attached hydrogens (primary N) is 1. The lowest BCUT2D eigenvalue weighted by Gasteiger charge is -2.18. The molecule has 5 nitrogen and oxygen atoms in total. The Morgan fingerprint density at radius 1 is 1.06 bits per heavy atom. The van der Waals surface area contributed by atoms with Gasteiger partial charge in [-0.3, -0.25) is 4.57 Å². The van der Waals surface area contributed by atoms with Gasteiger partial charge in [0, 0.05) is 17.3 Å². The molecular weight excluding hydrogens is 406 g/mol. The van der Waals surface area contributed by atoms with Crippen LogP contribution in [0.5, 0.6) is 5.75 Å². The number of thioether (sulfide) groups is 1. The van der Waals surface area contributed by atoms with Crippen molar-refractivity contribution in [2.24, 2.45) is 5.73 Å². The van der Waals surface area contributed by atoms with Crippen LogP contribution >= 0.6 is 11.8 Å². The summed E-state index contributed by atoms with van der Waals surface area (Å²) in [6, 6.07) is 21.9. The minimum atomic E-state index is -0.310. The summed E-state index contributed by atoms with van der Waals surface area (Å²) < 4.78 is 7.06. The third-order valence-electron chi connectivity index (χ3n) is 5.79. The number of methoxy groups -OCH3 is 1. The zero-order valence-electron chi connectivity index (χ0n) is 17.2. The van der Waals surface area contributed by atoms with Gasteiger partial charge in [0.1, 0.15) is 10.8 Å². The van der Waals surface area contributed by atoms with Gasteiger partial charge in [0.15, 0.2) is 0 Å². The van der Waals surface area contributed by atoms with Gasteiger partial charge in [-0.2, -0.15) is 4.98 Å². The third-order valence-corrected chi connectivity index (χ3v) is 6.85. The van der Waals surface area contributed by atoms with E-state index in [1.807, 2.05) is 42.5 Å². The SMILES string of the molecule is COc1cccc(-n2c3c(c(SC(N)c4cccc5ccccc45)nc2=O)CCC3)c1. The highest BCUT2D eigenvalue weighted by molar-refractivity contribution is 7.99. The second-order valence-corrected chi connectivity index (χ2v) is 8.75. The second-order valence-electron chi connectivity index (χ2n) is 7.62. The summed E-state index contributed by atoms with van der Waals surface area (Å²) in [5.41, 5.74) is 10.3. The van der Waals surface area contributed by atoms with Gasteiger partial charge in [-0.1, -0.05) is 60.3 Å². The first-order chi connectivity index (χ1) is 15.2. The Kier molecular flexibility index (Phi) is 5.26. The van der Waals surface area contributed by atoms with Gasteiger partial charge in [0.25, 0.3) is 0 Å². The number of hydrogen-bond acceptors (Lipinski definition) is 5. The molecule has 0 amide bonds. The average Bonchev–Trinajstić information content (AvgIpc) is 3.28. The Hall–Kier alpha value is -3.09. The van der Waals surface area contributed by atoms with Crippen molar-refractivity contribution < 1.29 is 4.74 Å². The fourth-order valence-corrected chi connectivity index (χ4v) is 5.39. The number of ether oxygens (including phenoxy) is 1. The minimum Gasteiger partial charge on any atom is -0.497 e. The van der Waals surface area contributed by atoms with E-state index in [2.05, 4.69) is 29.2 Å². The molecule has 0 spiro atoms. The van der Waals surface area contributed by atoms with Crippen molar-refractivity contribution in [3.05, 3.63) is 94.0 Å². The molecule has 0 bridgehead atoms. The van der Waals surface area contributed by atoms with Crippen LogP contribution in [0.25, 0.3) is 16.5 Å². The molecule has 4 aromatic rings. The lowest BCUT2D eigenvalue weighted by atomic mass is 10.0. The van der Waals surface area contributed by atoms with E-state index in [0.29, 0.717) is 5.75 Å². The summed E-state index contributed by atoms with van der Waals surface area (Å²) in [5.74, 6) is 0.715. The van der Waals surface area contributed by atoms with Gasteiger partial charge >= 0.3 is 5.69 Å². The van der Waals surface area contributed by atoms with Gasteiger partial charge in [-0.25, -0.2) is 4.79 Å². The van der Waals surface area contributed by atoms with Crippen molar-refractivity contribution in [3.63, 3.8) is 0 Å². The van der Waals surface area contributed by atoms with Crippen molar-refractivity contribution in [1.82, 2.24) is 9.55 Å². The number of aromatic nitrogens is 2. The van der Waals surface area contributed by atoms with Gasteiger partial charge in [-0.15, -0.1) is 0 Å². The van der Waals surface area contributed by atoms with Crippen molar-refractivity contribution in [2.75, 3.05) is 7.11 Å². The predicted molar refractivity (Wildman–Crippen MR) is 125 cm³/mol. The highest BCUT2D eigenvalue weighted by Gasteiger charge is 2.25. The maximum atomic E-state index is 13.1. The van der Waals surface area contributed by atoms with Crippen LogP contribution in [0.4, 0.5) is 0 Å². The molecule has 1 aliphatic carbocycles. The van der Waals surface area contributed by atoms with E-state index >= 15 is 0 Å². The third kappa shape index (κ3) is 3.62. The summed E-state index contributed by atoms with van der Waals surface area (Å²) in [6.07, 6.45) is 2.75. The molecule has 1 atom stereocenters. The first-order valence-electron chi connectivity index (χ1n) is 10.3. The van der Waals surface area contributed by atoms with Crippen molar-refractivity contribution in [1.29, 1.82) is 0 Å². The topological polar surface area (TPSA) is 70.1 Å². The minimum absolute atomic E-state index is 0.276. The molecule has 1 heterocycles. The maximum absolute atomic E-state index is 13.1. The van der Waals surface area contributed by atoms with Crippen molar-refractivity contribution in [3.8, 4) is 11.4 Å². The van der Waals surface area contributed by atoms with Crippen LogP contribution in [0.3, 0.4) is 0 Å². The number of fused-ring (bicyclic) bond motifs is 2. The summed E-state index contributed by atoms with van der Waals surface area (Å²) in [6.45, 7) is 0. The van der Waals surface area contributed by atoms with Gasteiger partial charge in [-0.05, 0) is 47.7 Å². The monoisotopic (exact) mass is 429 g/mol. The van der Waals surface area contributed by atoms with Crippen molar-refractivity contribution in [2.45, 2.75) is 29.7 Å². The smallest absolute Gasteiger partial charge is 0.353 e. The number of benzene rings is 3. The fourth-order valence-electron chi connectivity index (χ4n) is 4.32. The molecule has 0 saturated heterocycles. The van der Waals surface area contributed by atoms with Crippen LogP contribution < -0.4 is 16.2 Å². The van der Waals surface area contributed by atoms with Gasteiger partial charge in [0.2, 0.25) is 0 Å². The maximum Gasteiger partial charge on any atom is 0.353 e. The number of nitrogens with zero attached hydrogens (tertiary/aromatic N) is 2.